The molecule has 1 aliphatic heterocycles. The van der Waals surface area contributed by atoms with Gasteiger partial charge in [0.05, 0.1) is 24.9 Å². The van der Waals surface area contributed by atoms with Gasteiger partial charge >= 0.3 is 0 Å². The molecule has 0 aromatic rings. The molecule has 1 aliphatic rings. The first-order valence-corrected chi connectivity index (χ1v) is 5.01. The Morgan fingerprint density at radius 1 is 1.38 bits per heavy atom. The van der Waals surface area contributed by atoms with Crippen LogP contribution in [0.25, 0.3) is 0 Å². The van der Waals surface area contributed by atoms with Crippen molar-refractivity contribution in [3.63, 3.8) is 0 Å². The summed E-state index contributed by atoms with van der Waals surface area (Å²) in [4.78, 5) is 2.19. The number of hydrogen-bond donors (Lipinski definition) is 0. The maximum Gasteiger partial charge on any atom is 0.0777 e. The lowest BCUT2D eigenvalue weighted by atomic mass is 10.1. The highest BCUT2D eigenvalue weighted by Crippen LogP contribution is 2.16. The fourth-order valence-corrected chi connectivity index (χ4v) is 1.69. The molecule has 0 spiro atoms. The Balaban J connectivity index is 2.46. The van der Waals surface area contributed by atoms with Crippen molar-refractivity contribution in [3.8, 4) is 0 Å². The van der Waals surface area contributed by atoms with Gasteiger partial charge in [-0.25, -0.2) is 0 Å². The van der Waals surface area contributed by atoms with Crippen LogP contribution >= 0.6 is 0 Å². The first-order valence-electron chi connectivity index (χ1n) is 5.01. The first kappa shape index (κ1) is 11.0. The van der Waals surface area contributed by atoms with Crippen LogP contribution in [0, 0.1) is 0 Å². The number of nitrogens with zero attached hydrogens (tertiary/aromatic N) is 1. The Labute approximate surface area is 81.0 Å². The highest BCUT2D eigenvalue weighted by atomic mass is 16.5. The Morgan fingerprint density at radius 2 is 2.08 bits per heavy atom. The SMILES string of the molecule is CC(C)OC1CCOCC1N(C)C. The highest BCUT2D eigenvalue weighted by Gasteiger charge is 2.28. The normalized spacial score (nSPS) is 30.0. The average Bonchev–Trinajstić information content (AvgIpc) is 2.03. The van der Waals surface area contributed by atoms with Crippen LogP contribution in [0.4, 0.5) is 0 Å². The lowest BCUT2D eigenvalue weighted by molar-refractivity contribution is -0.101. The van der Waals surface area contributed by atoms with Gasteiger partial charge in [-0.2, -0.15) is 0 Å². The van der Waals surface area contributed by atoms with Gasteiger partial charge in [-0.15, -0.1) is 0 Å². The summed E-state index contributed by atoms with van der Waals surface area (Å²) in [6.45, 7) is 5.80. The largest absolute Gasteiger partial charge is 0.380 e. The van der Waals surface area contributed by atoms with Crippen molar-refractivity contribution in [2.45, 2.75) is 38.5 Å². The summed E-state index contributed by atoms with van der Waals surface area (Å²) < 4.78 is 11.3. The molecule has 0 aliphatic carbocycles. The van der Waals surface area contributed by atoms with Crippen LogP contribution in [0.15, 0.2) is 0 Å². The van der Waals surface area contributed by atoms with Crippen molar-refractivity contribution in [1.82, 2.24) is 4.90 Å². The van der Waals surface area contributed by atoms with Crippen LogP contribution in [0.3, 0.4) is 0 Å². The average molecular weight is 187 g/mol. The van der Waals surface area contributed by atoms with Gasteiger partial charge in [0.15, 0.2) is 0 Å². The third-order valence-corrected chi connectivity index (χ3v) is 2.37. The van der Waals surface area contributed by atoms with Gasteiger partial charge < -0.3 is 14.4 Å². The minimum atomic E-state index is 0.311. The molecule has 78 valence electrons. The van der Waals surface area contributed by atoms with Gasteiger partial charge in [-0.3, -0.25) is 0 Å². The van der Waals surface area contributed by atoms with Crippen LogP contribution in [-0.2, 0) is 9.47 Å². The quantitative estimate of drug-likeness (QED) is 0.661. The molecule has 0 radical (unpaired) electrons. The molecule has 0 aromatic heterocycles. The number of hydrogen-bond acceptors (Lipinski definition) is 3. The van der Waals surface area contributed by atoms with E-state index in [2.05, 4.69) is 32.8 Å². The number of likely N-dealkylation sites (N-methyl/N-ethyl adjacent to an activating group) is 1. The van der Waals surface area contributed by atoms with Crippen molar-refractivity contribution in [3.05, 3.63) is 0 Å². The van der Waals surface area contributed by atoms with E-state index < -0.39 is 0 Å². The van der Waals surface area contributed by atoms with E-state index in [9.17, 15) is 0 Å². The Kier molecular flexibility index (Phi) is 4.16. The van der Waals surface area contributed by atoms with Gasteiger partial charge in [0.2, 0.25) is 0 Å². The van der Waals surface area contributed by atoms with Crippen LogP contribution in [0.5, 0.6) is 0 Å². The third kappa shape index (κ3) is 3.25. The lowest BCUT2D eigenvalue weighted by Crippen LogP contribution is -2.48. The van der Waals surface area contributed by atoms with E-state index in [4.69, 9.17) is 9.47 Å². The van der Waals surface area contributed by atoms with Gasteiger partial charge in [0.1, 0.15) is 0 Å². The van der Waals surface area contributed by atoms with Crippen LogP contribution in [-0.4, -0.2) is 50.5 Å². The van der Waals surface area contributed by atoms with E-state index >= 15 is 0 Å². The molecule has 2 atom stereocenters. The molecular formula is C10H21NO2. The fraction of sp³-hybridized carbons (Fsp3) is 1.00. The molecule has 0 N–H and O–H groups in total. The second-order valence-corrected chi connectivity index (χ2v) is 4.12. The van der Waals surface area contributed by atoms with Gasteiger partial charge in [0.25, 0.3) is 0 Å². The standard InChI is InChI=1S/C10H21NO2/c1-8(2)13-10-5-6-12-7-9(10)11(3)4/h8-10H,5-7H2,1-4H3. The second-order valence-electron chi connectivity index (χ2n) is 4.12. The van der Waals surface area contributed by atoms with Crippen molar-refractivity contribution >= 4 is 0 Å². The first-order chi connectivity index (χ1) is 6.11. The van der Waals surface area contributed by atoms with E-state index in [1.165, 1.54) is 0 Å². The van der Waals surface area contributed by atoms with Crippen molar-refractivity contribution in [1.29, 1.82) is 0 Å². The van der Waals surface area contributed by atoms with E-state index in [0.717, 1.165) is 19.6 Å². The molecule has 13 heavy (non-hydrogen) atoms. The maximum absolute atomic E-state index is 5.84. The predicted molar refractivity (Wildman–Crippen MR) is 52.9 cm³/mol. The highest BCUT2D eigenvalue weighted by molar-refractivity contribution is 4.80. The zero-order chi connectivity index (χ0) is 9.84. The van der Waals surface area contributed by atoms with Crippen LogP contribution in [0.2, 0.25) is 0 Å². The van der Waals surface area contributed by atoms with E-state index in [1.54, 1.807) is 0 Å². The Hall–Kier alpha value is -0.120. The topological polar surface area (TPSA) is 21.7 Å². The monoisotopic (exact) mass is 187 g/mol. The summed E-state index contributed by atoms with van der Waals surface area (Å²) in [6.07, 6.45) is 1.66. The second kappa shape index (κ2) is 4.94. The molecule has 3 nitrogen and oxygen atoms in total. The summed E-state index contributed by atoms with van der Waals surface area (Å²) in [7, 11) is 4.16. The molecule has 0 saturated carbocycles. The summed E-state index contributed by atoms with van der Waals surface area (Å²) >= 11 is 0. The fourth-order valence-electron chi connectivity index (χ4n) is 1.69. The molecule has 1 saturated heterocycles. The Morgan fingerprint density at radius 3 is 2.62 bits per heavy atom. The summed E-state index contributed by atoms with van der Waals surface area (Å²) in [5, 5.41) is 0. The number of ether oxygens (including phenoxy) is 2. The molecule has 2 unspecified atom stereocenters. The van der Waals surface area contributed by atoms with Crippen molar-refractivity contribution < 1.29 is 9.47 Å². The molecule has 3 heteroatoms. The van der Waals surface area contributed by atoms with Crippen LogP contribution in [0.1, 0.15) is 20.3 Å². The molecule has 1 heterocycles. The lowest BCUT2D eigenvalue weighted by Gasteiger charge is -2.36. The van der Waals surface area contributed by atoms with Crippen molar-refractivity contribution in [2.75, 3.05) is 27.3 Å². The minimum absolute atomic E-state index is 0.311. The maximum atomic E-state index is 5.84. The van der Waals surface area contributed by atoms with Gasteiger partial charge in [0, 0.05) is 6.61 Å². The third-order valence-electron chi connectivity index (χ3n) is 2.37. The Bertz CT molecular complexity index is 148. The van der Waals surface area contributed by atoms with E-state index in [-0.39, 0.29) is 0 Å². The summed E-state index contributed by atoms with van der Waals surface area (Å²) in [5.41, 5.74) is 0. The molecule has 0 bridgehead atoms. The minimum Gasteiger partial charge on any atom is -0.380 e. The predicted octanol–water partition coefficient (Wildman–Crippen LogP) is 1.13. The summed E-state index contributed by atoms with van der Waals surface area (Å²) in [6, 6.07) is 0.413. The van der Waals surface area contributed by atoms with E-state index in [1.807, 2.05) is 0 Å². The number of rotatable bonds is 3. The van der Waals surface area contributed by atoms with Gasteiger partial charge in [-0.1, -0.05) is 0 Å². The van der Waals surface area contributed by atoms with E-state index in [0.29, 0.717) is 18.2 Å². The molecule has 1 fully saturated rings. The summed E-state index contributed by atoms with van der Waals surface area (Å²) in [5.74, 6) is 0. The van der Waals surface area contributed by atoms with Gasteiger partial charge in [-0.05, 0) is 34.4 Å². The zero-order valence-electron chi connectivity index (χ0n) is 9.12. The molecule has 1 rings (SSSR count). The molecule has 0 amide bonds. The van der Waals surface area contributed by atoms with Crippen LogP contribution < -0.4 is 0 Å². The smallest absolute Gasteiger partial charge is 0.0777 e. The molecule has 0 aromatic carbocycles. The zero-order valence-corrected chi connectivity index (χ0v) is 9.12. The van der Waals surface area contributed by atoms with Crippen molar-refractivity contribution in [2.24, 2.45) is 0 Å². The molecular weight excluding hydrogens is 166 g/mol.